The Bertz CT molecular complexity index is 581. The van der Waals surface area contributed by atoms with E-state index in [1.807, 2.05) is 6.92 Å². The second-order valence-electron chi connectivity index (χ2n) is 5.78. The van der Waals surface area contributed by atoms with Crippen molar-refractivity contribution in [2.24, 2.45) is 4.99 Å². The third-order valence-electron chi connectivity index (χ3n) is 3.28. The third kappa shape index (κ3) is 7.32. The van der Waals surface area contributed by atoms with Gasteiger partial charge in [-0.25, -0.2) is 13.1 Å². The fraction of sp³-hybridized carbons (Fsp3) is 0.667. The van der Waals surface area contributed by atoms with Gasteiger partial charge in [-0.1, -0.05) is 19.9 Å². The van der Waals surface area contributed by atoms with E-state index in [2.05, 4.69) is 51.7 Å². The van der Waals surface area contributed by atoms with Crippen LogP contribution < -0.4 is 15.4 Å². The van der Waals surface area contributed by atoms with Gasteiger partial charge in [-0.05, 0) is 25.3 Å². The number of sulfonamides is 1. The molecule has 0 saturated heterocycles. The number of thiophene rings is 1. The van der Waals surface area contributed by atoms with Crippen LogP contribution in [0.1, 0.15) is 32.6 Å². The predicted octanol–water partition coefficient (Wildman–Crippen LogP) is 1.52. The number of hydrogen-bond donors (Lipinski definition) is 3. The van der Waals surface area contributed by atoms with Crippen molar-refractivity contribution in [1.82, 2.24) is 15.4 Å². The first kappa shape index (κ1) is 19.9. The van der Waals surface area contributed by atoms with E-state index in [4.69, 9.17) is 0 Å². The van der Waals surface area contributed by atoms with Crippen molar-refractivity contribution in [3.8, 4) is 0 Å². The summed E-state index contributed by atoms with van der Waals surface area (Å²) in [5, 5.41) is 8.40. The molecule has 1 heterocycles. The number of rotatable bonds is 9. The van der Waals surface area contributed by atoms with E-state index >= 15 is 0 Å². The van der Waals surface area contributed by atoms with Crippen LogP contribution in [-0.2, 0) is 15.4 Å². The summed E-state index contributed by atoms with van der Waals surface area (Å²) < 4.78 is 25.3. The van der Waals surface area contributed by atoms with Crippen LogP contribution in [0.15, 0.2) is 22.5 Å². The highest BCUT2D eigenvalue weighted by atomic mass is 32.2. The van der Waals surface area contributed by atoms with E-state index in [9.17, 15) is 8.42 Å². The summed E-state index contributed by atoms with van der Waals surface area (Å²) in [5.41, 5.74) is -0.0275. The van der Waals surface area contributed by atoms with Crippen LogP contribution in [0, 0.1) is 0 Å². The molecule has 0 aliphatic rings. The van der Waals surface area contributed by atoms with E-state index in [-0.39, 0.29) is 11.2 Å². The van der Waals surface area contributed by atoms with Gasteiger partial charge in [0.15, 0.2) is 5.96 Å². The van der Waals surface area contributed by atoms with Crippen molar-refractivity contribution in [3.05, 3.63) is 22.4 Å². The standard InChI is InChI=1S/C15H28N4O2S2/c1-5-16-14(17-9-10-19-23(20,21)6-2)18-12-15(3,4)13-8-7-11-22-13/h7-8,11,19H,5-6,9-10,12H2,1-4H3,(H2,16,17,18). The molecule has 23 heavy (non-hydrogen) atoms. The molecule has 0 aromatic carbocycles. The predicted molar refractivity (Wildman–Crippen MR) is 98.8 cm³/mol. The van der Waals surface area contributed by atoms with Crippen molar-refractivity contribution >= 4 is 27.3 Å². The zero-order chi connectivity index (χ0) is 17.3. The van der Waals surface area contributed by atoms with Crippen molar-refractivity contribution in [2.75, 3.05) is 31.9 Å². The molecule has 0 saturated carbocycles. The number of aliphatic imine (C=N–C) groups is 1. The monoisotopic (exact) mass is 360 g/mol. The minimum absolute atomic E-state index is 0.0275. The van der Waals surface area contributed by atoms with Gasteiger partial charge in [0.25, 0.3) is 0 Å². The lowest BCUT2D eigenvalue weighted by Gasteiger charge is -2.21. The SMILES string of the molecule is CCNC(=NCC(C)(C)c1cccs1)NCCNS(=O)(=O)CC. The van der Waals surface area contributed by atoms with Crippen molar-refractivity contribution in [3.63, 3.8) is 0 Å². The maximum atomic E-state index is 11.4. The number of nitrogens with zero attached hydrogens (tertiary/aromatic N) is 1. The Morgan fingerprint density at radius 3 is 2.57 bits per heavy atom. The minimum Gasteiger partial charge on any atom is -0.357 e. The van der Waals surface area contributed by atoms with E-state index < -0.39 is 10.0 Å². The third-order valence-corrected chi connectivity index (χ3v) is 5.92. The molecule has 1 rings (SSSR count). The van der Waals surface area contributed by atoms with Gasteiger partial charge in [0.1, 0.15) is 0 Å². The van der Waals surface area contributed by atoms with Gasteiger partial charge in [0.2, 0.25) is 10.0 Å². The van der Waals surface area contributed by atoms with E-state index in [1.54, 1.807) is 18.3 Å². The summed E-state index contributed by atoms with van der Waals surface area (Å²) in [5.74, 6) is 0.795. The zero-order valence-corrected chi connectivity index (χ0v) is 16.0. The minimum atomic E-state index is -3.14. The zero-order valence-electron chi connectivity index (χ0n) is 14.3. The Hall–Kier alpha value is -1.12. The number of guanidine groups is 1. The first-order valence-corrected chi connectivity index (χ1v) is 10.4. The summed E-state index contributed by atoms with van der Waals surface area (Å²) in [4.78, 5) is 5.92. The summed E-state index contributed by atoms with van der Waals surface area (Å²) in [6.07, 6.45) is 0. The number of hydrogen-bond acceptors (Lipinski definition) is 4. The molecule has 0 bridgehead atoms. The second kappa shape index (κ2) is 9.24. The lowest BCUT2D eigenvalue weighted by atomic mass is 9.92. The molecule has 0 unspecified atom stereocenters. The van der Waals surface area contributed by atoms with Gasteiger partial charge in [-0.15, -0.1) is 11.3 Å². The fourth-order valence-electron chi connectivity index (χ4n) is 1.85. The van der Waals surface area contributed by atoms with Gasteiger partial charge in [0.05, 0.1) is 12.3 Å². The van der Waals surface area contributed by atoms with Crippen LogP contribution in [-0.4, -0.2) is 46.3 Å². The largest absolute Gasteiger partial charge is 0.357 e. The average Bonchev–Trinajstić information content (AvgIpc) is 3.04. The van der Waals surface area contributed by atoms with E-state index in [0.717, 1.165) is 6.54 Å². The molecular weight excluding hydrogens is 332 g/mol. The lowest BCUT2D eigenvalue weighted by molar-refractivity contribution is 0.548. The molecule has 0 aliphatic heterocycles. The molecule has 0 amide bonds. The van der Waals surface area contributed by atoms with E-state index in [0.29, 0.717) is 25.6 Å². The van der Waals surface area contributed by atoms with Crippen LogP contribution >= 0.6 is 11.3 Å². The molecule has 132 valence electrons. The molecule has 3 N–H and O–H groups in total. The lowest BCUT2D eigenvalue weighted by Crippen LogP contribution is -2.42. The quantitative estimate of drug-likeness (QED) is 0.354. The Kier molecular flexibility index (Phi) is 8.01. The van der Waals surface area contributed by atoms with Crippen LogP contribution in [0.25, 0.3) is 0 Å². The first-order valence-electron chi connectivity index (χ1n) is 7.84. The molecule has 1 aromatic heterocycles. The molecule has 0 spiro atoms. The Balaban J connectivity index is 2.53. The van der Waals surface area contributed by atoms with Crippen molar-refractivity contribution in [2.45, 2.75) is 33.1 Å². The molecule has 0 aliphatic carbocycles. The van der Waals surface area contributed by atoms with E-state index in [1.165, 1.54) is 4.88 Å². The Morgan fingerprint density at radius 1 is 1.26 bits per heavy atom. The summed E-state index contributed by atoms with van der Waals surface area (Å²) in [6, 6.07) is 4.18. The van der Waals surface area contributed by atoms with Gasteiger partial charge in [0, 0.05) is 29.9 Å². The highest BCUT2D eigenvalue weighted by Gasteiger charge is 2.21. The summed E-state index contributed by atoms with van der Waals surface area (Å²) >= 11 is 1.73. The molecule has 0 fully saturated rings. The molecule has 0 atom stereocenters. The molecule has 6 nitrogen and oxygen atoms in total. The normalized spacial score (nSPS) is 13.1. The summed E-state index contributed by atoms with van der Waals surface area (Å²) in [6.45, 7) is 10.2. The summed E-state index contributed by atoms with van der Waals surface area (Å²) in [7, 11) is -3.14. The van der Waals surface area contributed by atoms with Crippen molar-refractivity contribution < 1.29 is 8.42 Å². The van der Waals surface area contributed by atoms with Crippen molar-refractivity contribution in [1.29, 1.82) is 0 Å². The second-order valence-corrected chi connectivity index (χ2v) is 8.82. The maximum Gasteiger partial charge on any atom is 0.211 e. The smallest absolute Gasteiger partial charge is 0.211 e. The Labute approximate surface area is 143 Å². The van der Waals surface area contributed by atoms with Crippen LogP contribution in [0.2, 0.25) is 0 Å². The van der Waals surface area contributed by atoms with Crippen LogP contribution in [0.3, 0.4) is 0 Å². The van der Waals surface area contributed by atoms with Crippen LogP contribution in [0.5, 0.6) is 0 Å². The van der Waals surface area contributed by atoms with Gasteiger partial charge < -0.3 is 10.6 Å². The van der Waals surface area contributed by atoms with Crippen LogP contribution in [0.4, 0.5) is 0 Å². The van der Waals surface area contributed by atoms with Gasteiger partial charge >= 0.3 is 0 Å². The topological polar surface area (TPSA) is 82.6 Å². The highest BCUT2D eigenvalue weighted by Crippen LogP contribution is 2.27. The maximum absolute atomic E-state index is 11.4. The number of nitrogens with one attached hydrogen (secondary N) is 3. The fourth-order valence-corrected chi connectivity index (χ4v) is 3.31. The average molecular weight is 361 g/mol. The molecule has 0 radical (unpaired) electrons. The highest BCUT2D eigenvalue weighted by molar-refractivity contribution is 7.89. The molecular formula is C15H28N4O2S2. The van der Waals surface area contributed by atoms with Gasteiger partial charge in [-0.2, -0.15) is 0 Å². The Morgan fingerprint density at radius 2 is 2.00 bits per heavy atom. The molecule has 1 aromatic rings. The first-order chi connectivity index (χ1) is 10.8. The van der Waals surface area contributed by atoms with Gasteiger partial charge in [-0.3, -0.25) is 4.99 Å². The molecule has 8 heteroatoms.